The Bertz CT molecular complexity index is 772. The van der Waals surface area contributed by atoms with Crippen molar-refractivity contribution in [3.05, 3.63) is 71.3 Å². The van der Waals surface area contributed by atoms with E-state index in [0.717, 1.165) is 6.42 Å². The molecule has 0 radical (unpaired) electrons. The van der Waals surface area contributed by atoms with E-state index in [-0.39, 0.29) is 23.3 Å². The topological polar surface area (TPSA) is 52.6 Å². The highest BCUT2D eigenvalue weighted by atomic mass is 19.4. The molecule has 0 spiro atoms. The summed E-state index contributed by atoms with van der Waals surface area (Å²) in [5.74, 6) is -2.02. The molecule has 0 N–H and O–H groups in total. The van der Waals surface area contributed by atoms with Crippen molar-refractivity contribution < 1.29 is 32.2 Å². The second-order valence-electron chi connectivity index (χ2n) is 5.77. The Morgan fingerprint density at radius 2 is 1.48 bits per heavy atom. The lowest BCUT2D eigenvalue weighted by Crippen LogP contribution is -2.27. The van der Waals surface area contributed by atoms with E-state index in [4.69, 9.17) is 9.47 Å². The molecule has 2 aromatic carbocycles. The fourth-order valence-electron chi connectivity index (χ4n) is 2.35. The normalized spacial score (nSPS) is 12.3. The summed E-state index contributed by atoms with van der Waals surface area (Å²) in [5, 5.41) is 0. The highest BCUT2D eigenvalue weighted by Gasteiger charge is 2.44. The van der Waals surface area contributed by atoms with E-state index in [1.807, 2.05) is 6.92 Å². The molecule has 0 aliphatic heterocycles. The molecule has 0 aliphatic rings. The van der Waals surface area contributed by atoms with E-state index in [1.54, 1.807) is 6.07 Å². The van der Waals surface area contributed by atoms with E-state index in [9.17, 15) is 22.8 Å². The van der Waals surface area contributed by atoms with Gasteiger partial charge in [-0.15, -0.1) is 0 Å². The standard InChI is InChI=1S/C20H19F3O4/c1-2-3-13-26-18(24)15-11-7-8-12-16(15)19(25)27-17(20(21,22)23)14-9-5-4-6-10-14/h4-12,17H,2-3,13H2,1H3. The summed E-state index contributed by atoms with van der Waals surface area (Å²) < 4.78 is 49.9. The van der Waals surface area contributed by atoms with Crippen molar-refractivity contribution in [2.75, 3.05) is 6.61 Å². The molecule has 0 aliphatic carbocycles. The highest BCUT2D eigenvalue weighted by Crippen LogP contribution is 2.36. The van der Waals surface area contributed by atoms with Gasteiger partial charge in [-0.1, -0.05) is 55.8 Å². The van der Waals surface area contributed by atoms with Crippen LogP contribution >= 0.6 is 0 Å². The van der Waals surface area contributed by atoms with Crippen LogP contribution in [0.4, 0.5) is 13.2 Å². The van der Waals surface area contributed by atoms with E-state index >= 15 is 0 Å². The zero-order valence-electron chi connectivity index (χ0n) is 14.7. The maximum Gasteiger partial charge on any atom is 0.429 e. The third-order valence-corrected chi connectivity index (χ3v) is 3.72. The zero-order valence-corrected chi connectivity index (χ0v) is 14.7. The molecule has 4 nitrogen and oxygen atoms in total. The number of halogens is 3. The Morgan fingerprint density at radius 1 is 0.926 bits per heavy atom. The quantitative estimate of drug-likeness (QED) is 0.495. The van der Waals surface area contributed by atoms with Crippen molar-refractivity contribution in [3.8, 4) is 0 Å². The van der Waals surface area contributed by atoms with Crippen LogP contribution in [0, 0.1) is 0 Å². The number of hydrogen-bond donors (Lipinski definition) is 0. The van der Waals surface area contributed by atoms with Crippen LogP contribution in [0.3, 0.4) is 0 Å². The maximum atomic E-state index is 13.4. The van der Waals surface area contributed by atoms with Gasteiger partial charge in [-0.05, 0) is 18.6 Å². The molecule has 2 rings (SSSR count). The first-order valence-corrected chi connectivity index (χ1v) is 8.43. The van der Waals surface area contributed by atoms with Crippen LogP contribution in [0.1, 0.15) is 52.1 Å². The van der Waals surface area contributed by atoms with Gasteiger partial charge in [0, 0.05) is 5.56 Å². The first kappa shape index (κ1) is 20.5. The Hall–Kier alpha value is -2.83. The van der Waals surface area contributed by atoms with Crippen molar-refractivity contribution >= 4 is 11.9 Å². The predicted molar refractivity (Wildman–Crippen MR) is 92.3 cm³/mol. The van der Waals surface area contributed by atoms with E-state index in [0.29, 0.717) is 6.42 Å². The maximum absolute atomic E-state index is 13.4. The highest BCUT2D eigenvalue weighted by molar-refractivity contribution is 6.03. The fourth-order valence-corrected chi connectivity index (χ4v) is 2.35. The number of benzene rings is 2. The van der Waals surface area contributed by atoms with Crippen LogP contribution in [-0.4, -0.2) is 24.7 Å². The minimum Gasteiger partial charge on any atom is -0.462 e. The lowest BCUT2D eigenvalue weighted by Gasteiger charge is -2.21. The second kappa shape index (κ2) is 9.21. The van der Waals surface area contributed by atoms with Crippen molar-refractivity contribution in [3.63, 3.8) is 0 Å². The number of ether oxygens (including phenoxy) is 2. The number of rotatable bonds is 7. The van der Waals surface area contributed by atoms with Crippen LogP contribution in [0.15, 0.2) is 54.6 Å². The summed E-state index contributed by atoms with van der Waals surface area (Å²) in [6.45, 7) is 2.08. The largest absolute Gasteiger partial charge is 0.462 e. The number of hydrogen-bond acceptors (Lipinski definition) is 4. The summed E-state index contributed by atoms with van der Waals surface area (Å²) in [5.41, 5.74) is -0.613. The molecule has 1 atom stereocenters. The van der Waals surface area contributed by atoms with E-state index in [1.165, 1.54) is 48.5 Å². The minimum absolute atomic E-state index is 0.132. The van der Waals surface area contributed by atoms with Crippen molar-refractivity contribution in [1.82, 2.24) is 0 Å². The molecule has 7 heteroatoms. The molecule has 1 unspecified atom stereocenters. The van der Waals surface area contributed by atoms with Gasteiger partial charge in [0.2, 0.25) is 6.10 Å². The Kier molecular flexibility index (Phi) is 6.98. The van der Waals surface area contributed by atoms with E-state index < -0.39 is 24.2 Å². The fraction of sp³-hybridized carbons (Fsp3) is 0.300. The molecule has 0 saturated heterocycles. The minimum atomic E-state index is -4.80. The van der Waals surface area contributed by atoms with Gasteiger partial charge in [0.1, 0.15) is 0 Å². The second-order valence-corrected chi connectivity index (χ2v) is 5.77. The van der Waals surface area contributed by atoms with Crippen molar-refractivity contribution in [1.29, 1.82) is 0 Å². The van der Waals surface area contributed by atoms with Gasteiger partial charge < -0.3 is 9.47 Å². The van der Waals surface area contributed by atoms with Gasteiger partial charge >= 0.3 is 18.1 Å². The molecule has 2 aromatic rings. The molecule has 0 heterocycles. The number of unbranched alkanes of at least 4 members (excludes halogenated alkanes) is 1. The molecule has 27 heavy (non-hydrogen) atoms. The lowest BCUT2D eigenvalue weighted by molar-refractivity contribution is -0.207. The average molecular weight is 380 g/mol. The van der Waals surface area contributed by atoms with Crippen molar-refractivity contribution in [2.24, 2.45) is 0 Å². The van der Waals surface area contributed by atoms with Gasteiger partial charge in [-0.2, -0.15) is 13.2 Å². The lowest BCUT2D eigenvalue weighted by atomic mass is 10.1. The Balaban J connectivity index is 2.25. The van der Waals surface area contributed by atoms with Gasteiger partial charge in [0.15, 0.2) is 0 Å². The molecular weight excluding hydrogens is 361 g/mol. The van der Waals surface area contributed by atoms with Crippen LogP contribution in [0.25, 0.3) is 0 Å². The monoisotopic (exact) mass is 380 g/mol. The smallest absolute Gasteiger partial charge is 0.429 e. The third-order valence-electron chi connectivity index (χ3n) is 3.72. The molecule has 0 bridgehead atoms. The third kappa shape index (κ3) is 5.57. The molecular formula is C20H19F3O4. The van der Waals surface area contributed by atoms with Gasteiger partial charge in [-0.3, -0.25) is 0 Å². The van der Waals surface area contributed by atoms with Crippen LogP contribution in [0.2, 0.25) is 0 Å². The molecule has 0 amide bonds. The molecule has 0 aromatic heterocycles. The van der Waals surface area contributed by atoms with Crippen LogP contribution < -0.4 is 0 Å². The number of alkyl halides is 3. The molecule has 0 fully saturated rings. The van der Waals surface area contributed by atoms with Crippen molar-refractivity contribution in [2.45, 2.75) is 32.0 Å². The van der Waals surface area contributed by atoms with Crippen LogP contribution in [0.5, 0.6) is 0 Å². The summed E-state index contributed by atoms with van der Waals surface area (Å²) in [4.78, 5) is 24.5. The summed E-state index contributed by atoms with van der Waals surface area (Å²) in [7, 11) is 0. The number of carbonyl (C=O) groups is 2. The number of esters is 2. The first-order chi connectivity index (χ1) is 12.8. The van der Waals surface area contributed by atoms with Gasteiger partial charge in [-0.25, -0.2) is 9.59 Å². The Morgan fingerprint density at radius 3 is 2.04 bits per heavy atom. The average Bonchev–Trinajstić information content (AvgIpc) is 2.65. The Labute approximate surface area is 154 Å². The molecule has 144 valence electrons. The van der Waals surface area contributed by atoms with Gasteiger partial charge in [0.05, 0.1) is 17.7 Å². The summed E-state index contributed by atoms with van der Waals surface area (Å²) in [6.07, 6.45) is -5.78. The number of carbonyl (C=O) groups excluding carboxylic acids is 2. The van der Waals surface area contributed by atoms with Crippen LogP contribution in [-0.2, 0) is 9.47 Å². The first-order valence-electron chi connectivity index (χ1n) is 8.43. The summed E-state index contributed by atoms with van der Waals surface area (Å²) >= 11 is 0. The summed E-state index contributed by atoms with van der Waals surface area (Å²) in [6, 6.07) is 12.3. The predicted octanol–water partition coefficient (Wildman–Crippen LogP) is 5.10. The van der Waals surface area contributed by atoms with Gasteiger partial charge in [0.25, 0.3) is 0 Å². The zero-order chi connectivity index (χ0) is 19.9. The molecule has 0 saturated carbocycles. The SMILES string of the molecule is CCCCOC(=O)c1ccccc1C(=O)OC(c1ccccc1)C(F)(F)F. The van der Waals surface area contributed by atoms with E-state index in [2.05, 4.69) is 0 Å².